The second kappa shape index (κ2) is 6.52. The van der Waals surface area contributed by atoms with Crippen LogP contribution in [0.5, 0.6) is 0 Å². The van der Waals surface area contributed by atoms with Crippen LogP contribution in [0.1, 0.15) is 36.0 Å². The van der Waals surface area contributed by atoms with Crippen molar-refractivity contribution in [2.45, 2.75) is 25.7 Å². The SMILES string of the molecule is O=C(O)c1c(N2CCCC3(CCOCC3)C2)noc1-c1ccccc1. The first-order valence-electron chi connectivity index (χ1n) is 8.80. The van der Waals surface area contributed by atoms with Gasteiger partial charge < -0.3 is 19.3 Å². The minimum Gasteiger partial charge on any atom is -0.477 e. The number of carbonyl (C=O) groups is 1. The number of hydrogen-bond acceptors (Lipinski definition) is 5. The Labute approximate surface area is 146 Å². The van der Waals surface area contributed by atoms with Gasteiger partial charge >= 0.3 is 5.97 Å². The van der Waals surface area contributed by atoms with Crippen molar-refractivity contribution in [2.24, 2.45) is 5.41 Å². The summed E-state index contributed by atoms with van der Waals surface area (Å²) in [5.74, 6) is -0.215. The second-order valence-electron chi connectivity index (χ2n) is 7.02. The summed E-state index contributed by atoms with van der Waals surface area (Å²) in [6, 6.07) is 9.29. The number of aromatic carboxylic acids is 1. The fourth-order valence-corrected chi connectivity index (χ4v) is 4.08. The van der Waals surface area contributed by atoms with E-state index in [0.717, 1.165) is 51.1 Å². The summed E-state index contributed by atoms with van der Waals surface area (Å²) in [6.07, 6.45) is 4.25. The van der Waals surface area contributed by atoms with E-state index >= 15 is 0 Å². The molecule has 0 amide bonds. The summed E-state index contributed by atoms with van der Waals surface area (Å²) >= 11 is 0. The predicted molar refractivity (Wildman–Crippen MR) is 92.8 cm³/mol. The molecule has 1 spiro atoms. The molecule has 0 unspecified atom stereocenters. The molecule has 3 heterocycles. The van der Waals surface area contributed by atoms with E-state index in [1.54, 1.807) is 0 Å². The van der Waals surface area contributed by atoms with Crippen molar-refractivity contribution in [3.05, 3.63) is 35.9 Å². The molecule has 1 aromatic heterocycles. The van der Waals surface area contributed by atoms with Crippen molar-refractivity contribution in [1.82, 2.24) is 5.16 Å². The quantitative estimate of drug-likeness (QED) is 0.921. The van der Waals surface area contributed by atoms with Crippen LogP contribution in [0.25, 0.3) is 11.3 Å². The summed E-state index contributed by atoms with van der Waals surface area (Å²) < 4.78 is 11.0. The fourth-order valence-electron chi connectivity index (χ4n) is 4.08. The van der Waals surface area contributed by atoms with Crippen molar-refractivity contribution < 1.29 is 19.2 Å². The topological polar surface area (TPSA) is 75.8 Å². The Morgan fingerprint density at radius 3 is 2.64 bits per heavy atom. The summed E-state index contributed by atoms with van der Waals surface area (Å²) in [5.41, 5.74) is 1.10. The molecule has 2 saturated heterocycles. The minimum atomic E-state index is -0.998. The Morgan fingerprint density at radius 1 is 1.16 bits per heavy atom. The molecule has 4 rings (SSSR count). The lowest BCUT2D eigenvalue weighted by Gasteiger charge is -2.45. The van der Waals surface area contributed by atoms with Crippen molar-refractivity contribution >= 4 is 11.8 Å². The third kappa shape index (κ3) is 3.02. The monoisotopic (exact) mass is 342 g/mol. The molecule has 25 heavy (non-hydrogen) atoms. The number of carboxylic acid groups (broad SMARTS) is 1. The highest BCUT2D eigenvalue weighted by Gasteiger charge is 2.39. The van der Waals surface area contributed by atoms with E-state index < -0.39 is 5.97 Å². The maximum atomic E-state index is 11.9. The average Bonchev–Trinajstić information content (AvgIpc) is 3.09. The zero-order valence-corrected chi connectivity index (χ0v) is 14.1. The van der Waals surface area contributed by atoms with E-state index in [-0.39, 0.29) is 11.0 Å². The standard InChI is InChI=1S/C19H22N2O4/c22-18(23)15-16(14-5-2-1-3-6-14)25-20-17(15)21-10-4-7-19(13-21)8-11-24-12-9-19/h1-3,5-6H,4,7-13H2,(H,22,23). The highest BCUT2D eigenvalue weighted by Crippen LogP contribution is 2.42. The van der Waals surface area contributed by atoms with Gasteiger partial charge in [-0.3, -0.25) is 0 Å². The Morgan fingerprint density at radius 2 is 1.92 bits per heavy atom. The molecule has 2 aromatic rings. The van der Waals surface area contributed by atoms with E-state index in [9.17, 15) is 9.90 Å². The van der Waals surface area contributed by atoms with Crippen LogP contribution in [0, 0.1) is 5.41 Å². The molecule has 6 nitrogen and oxygen atoms in total. The summed E-state index contributed by atoms with van der Waals surface area (Å²) in [7, 11) is 0. The molecule has 1 N–H and O–H groups in total. The van der Waals surface area contributed by atoms with Gasteiger partial charge in [0.05, 0.1) is 0 Å². The van der Waals surface area contributed by atoms with Crippen LogP contribution in [-0.4, -0.2) is 42.5 Å². The van der Waals surface area contributed by atoms with Crippen molar-refractivity contribution in [3.8, 4) is 11.3 Å². The third-order valence-electron chi connectivity index (χ3n) is 5.44. The van der Waals surface area contributed by atoms with Crippen molar-refractivity contribution in [2.75, 3.05) is 31.2 Å². The van der Waals surface area contributed by atoms with E-state index in [1.807, 2.05) is 30.3 Å². The maximum absolute atomic E-state index is 11.9. The molecule has 2 aliphatic rings. The van der Waals surface area contributed by atoms with E-state index in [0.29, 0.717) is 11.6 Å². The fraction of sp³-hybridized carbons (Fsp3) is 0.474. The Bertz CT molecular complexity index is 745. The first-order chi connectivity index (χ1) is 12.2. The second-order valence-corrected chi connectivity index (χ2v) is 7.02. The smallest absolute Gasteiger partial charge is 0.343 e. The lowest BCUT2D eigenvalue weighted by atomic mass is 9.74. The van der Waals surface area contributed by atoms with Gasteiger partial charge in [0.1, 0.15) is 0 Å². The highest BCUT2D eigenvalue weighted by molar-refractivity contribution is 5.99. The van der Waals surface area contributed by atoms with E-state index in [4.69, 9.17) is 9.26 Å². The number of ether oxygens (including phenoxy) is 1. The highest BCUT2D eigenvalue weighted by atomic mass is 16.5. The zero-order chi connectivity index (χ0) is 17.3. The van der Waals surface area contributed by atoms with Crippen LogP contribution in [0.4, 0.5) is 5.82 Å². The molecular weight excluding hydrogens is 320 g/mol. The first-order valence-corrected chi connectivity index (χ1v) is 8.80. The van der Waals surface area contributed by atoms with Gasteiger partial charge in [0, 0.05) is 31.9 Å². The molecule has 1 aromatic carbocycles. The molecule has 0 radical (unpaired) electrons. The molecule has 6 heteroatoms. The zero-order valence-electron chi connectivity index (χ0n) is 14.1. The van der Waals surface area contributed by atoms with Crippen LogP contribution >= 0.6 is 0 Å². The lowest BCUT2D eigenvalue weighted by molar-refractivity contribution is 0.00735. The summed E-state index contributed by atoms with van der Waals surface area (Å²) in [4.78, 5) is 14.0. The third-order valence-corrected chi connectivity index (χ3v) is 5.44. The molecule has 0 saturated carbocycles. The average molecular weight is 342 g/mol. The normalized spacial score (nSPS) is 19.9. The number of piperidine rings is 1. The van der Waals surface area contributed by atoms with Crippen LogP contribution in [-0.2, 0) is 4.74 Å². The van der Waals surface area contributed by atoms with E-state index in [2.05, 4.69) is 10.1 Å². The molecule has 2 fully saturated rings. The van der Waals surface area contributed by atoms with Gasteiger partial charge in [-0.05, 0) is 31.1 Å². The van der Waals surface area contributed by atoms with Gasteiger partial charge in [-0.1, -0.05) is 35.5 Å². The van der Waals surface area contributed by atoms with Crippen molar-refractivity contribution in [1.29, 1.82) is 0 Å². The number of benzene rings is 1. The van der Waals surface area contributed by atoms with Gasteiger partial charge in [-0.15, -0.1) is 0 Å². The largest absolute Gasteiger partial charge is 0.477 e. The minimum absolute atomic E-state index is 0.162. The number of carboxylic acids is 1. The van der Waals surface area contributed by atoms with Gasteiger partial charge in [0.15, 0.2) is 17.1 Å². The molecule has 132 valence electrons. The summed E-state index contributed by atoms with van der Waals surface area (Å²) in [5, 5.41) is 13.9. The van der Waals surface area contributed by atoms with Gasteiger partial charge in [-0.2, -0.15) is 0 Å². The van der Waals surface area contributed by atoms with Crippen LogP contribution in [0.15, 0.2) is 34.9 Å². The number of anilines is 1. The van der Waals surface area contributed by atoms with E-state index in [1.165, 1.54) is 6.42 Å². The van der Waals surface area contributed by atoms with Gasteiger partial charge in [-0.25, -0.2) is 4.79 Å². The number of rotatable bonds is 3. The predicted octanol–water partition coefficient (Wildman–Crippen LogP) is 3.44. The molecule has 0 bridgehead atoms. The molecule has 0 atom stereocenters. The maximum Gasteiger partial charge on any atom is 0.343 e. The molecular formula is C19H22N2O4. The Hall–Kier alpha value is -2.34. The Balaban J connectivity index is 1.68. The van der Waals surface area contributed by atoms with Gasteiger partial charge in [0.25, 0.3) is 0 Å². The van der Waals surface area contributed by atoms with Crippen LogP contribution in [0.3, 0.4) is 0 Å². The number of aromatic nitrogens is 1. The number of nitrogens with zero attached hydrogens (tertiary/aromatic N) is 2. The molecule has 2 aliphatic heterocycles. The first kappa shape index (κ1) is 16.1. The molecule has 0 aliphatic carbocycles. The van der Waals surface area contributed by atoms with Crippen molar-refractivity contribution in [3.63, 3.8) is 0 Å². The summed E-state index contributed by atoms with van der Waals surface area (Å²) in [6.45, 7) is 3.20. The lowest BCUT2D eigenvalue weighted by Crippen LogP contribution is -2.46. The van der Waals surface area contributed by atoms with Crippen LogP contribution in [0.2, 0.25) is 0 Å². The number of hydrogen-bond donors (Lipinski definition) is 1. The van der Waals surface area contributed by atoms with Crippen LogP contribution < -0.4 is 4.90 Å². The van der Waals surface area contributed by atoms with Gasteiger partial charge in [0.2, 0.25) is 0 Å². The Kier molecular flexibility index (Phi) is 4.21.